The Morgan fingerprint density at radius 1 is 1.06 bits per heavy atom. The standard InChI is InChI=1S/C13H22N2O3/c1-13(2,18-3)12(17)15-8-6-14(7-9-15)11(16)10-4-5-10/h10H,4-9H2,1-3H3. The molecule has 0 spiro atoms. The third-order valence-corrected chi connectivity index (χ3v) is 3.83. The lowest BCUT2D eigenvalue weighted by Gasteiger charge is -2.38. The molecule has 0 bridgehead atoms. The van der Waals surface area contributed by atoms with Crippen LogP contribution in [0.3, 0.4) is 0 Å². The fourth-order valence-corrected chi connectivity index (χ4v) is 2.19. The second kappa shape index (κ2) is 4.88. The van der Waals surface area contributed by atoms with Gasteiger partial charge < -0.3 is 14.5 Å². The van der Waals surface area contributed by atoms with E-state index in [-0.39, 0.29) is 17.7 Å². The van der Waals surface area contributed by atoms with Crippen molar-refractivity contribution in [3.8, 4) is 0 Å². The van der Waals surface area contributed by atoms with Gasteiger partial charge in [-0.1, -0.05) is 0 Å². The van der Waals surface area contributed by atoms with Crippen LogP contribution in [-0.2, 0) is 14.3 Å². The number of methoxy groups -OCH3 is 1. The summed E-state index contributed by atoms with van der Waals surface area (Å²) in [6, 6.07) is 0. The maximum Gasteiger partial charge on any atom is 0.254 e. The molecule has 0 aromatic carbocycles. The lowest BCUT2D eigenvalue weighted by Crippen LogP contribution is -2.55. The molecule has 1 saturated carbocycles. The molecular formula is C13H22N2O3. The number of nitrogens with zero attached hydrogens (tertiary/aromatic N) is 2. The van der Waals surface area contributed by atoms with Gasteiger partial charge in [-0.3, -0.25) is 9.59 Å². The van der Waals surface area contributed by atoms with E-state index in [9.17, 15) is 9.59 Å². The van der Waals surface area contributed by atoms with Crippen LogP contribution < -0.4 is 0 Å². The minimum absolute atomic E-state index is 0.00326. The van der Waals surface area contributed by atoms with Crippen molar-refractivity contribution in [1.29, 1.82) is 0 Å². The molecule has 0 radical (unpaired) electrons. The Kier molecular flexibility index (Phi) is 3.61. The van der Waals surface area contributed by atoms with E-state index < -0.39 is 5.60 Å². The van der Waals surface area contributed by atoms with Crippen LogP contribution in [0.25, 0.3) is 0 Å². The monoisotopic (exact) mass is 254 g/mol. The first kappa shape index (κ1) is 13.3. The van der Waals surface area contributed by atoms with Crippen LogP contribution in [-0.4, -0.2) is 60.5 Å². The lowest BCUT2D eigenvalue weighted by molar-refractivity contribution is -0.154. The average molecular weight is 254 g/mol. The molecule has 2 fully saturated rings. The first-order chi connectivity index (χ1) is 8.45. The summed E-state index contributed by atoms with van der Waals surface area (Å²) >= 11 is 0. The molecule has 1 aliphatic carbocycles. The van der Waals surface area contributed by atoms with Crippen molar-refractivity contribution < 1.29 is 14.3 Å². The highest BCUT2D eigenvalue weighted by atomic mass is 16.5. The van der Waals surface area contributed by atoms with Crippen LogP contribution in [0.15, 0.2) is 0 Å². The van der Waals surface area contributed by atoms with Crippen molar-refractivity contribution in [2.75, 3.05) is 33.3 Å². The number of carbonyl (C=O) groups is 2. The summed E-state index contributed by atoms with van der Waals surface area (Å²) < 4.78 is 5.20. The highest BCUT2D eigenvalue weighted by Gasteiger charge is 2.37. The van der Waals surface area contributed by atoms with Gasteiger partial charge in [-0.15, -0.1) is 0 Å². The largest absolute Gasteiger partial charge is 0.369 e. The molecule has 0 atom stereocenters. The van der Waals surface area contributed by atoms with Crippen LogP contribution in [0.1, 0.15) is 26.7 Å². The zero-order valence-corrected chi connectivity index (χ0v) is 11.4. The first-order valence-electron chi connectivity index (χ1n) is 6.59. The van der Waals surface area contributed by atoms with Crippen molar-refractivity contribution in [3.63, 3.8) is 0 Å². The van der Waals surface area contributed by atoms with Gasteiger partial charge >= 0.3 is 0 Å². The number of hydrogen-bond acceptors (Lipinski definition) is 3. The van der Waals surface area contributed by atoms with Crippen molar-refractivity contribution in [2.45, 2.75) is 32.3 Å². The van der Waals surface area contributed by atoms with Crippen molar-refractivity contribution >= 4 is 11.8 Å². The Balaban J connectivity index is 1.86. The van der Waals surface area contributed by atoms with Crippen molar-refractivity contribution in [3.05, 3.63) is 0 Å². The predicted octanol–water partition coefficient (Wildman–Crippen LogP) is 0.492. The van der Waals surface area contributed by atoms with Crippen LogP contribution >= 0.6 is 0 Å². The minimum atomic E-state index is -0.775. The zero-order chi connectivity index (χ0) is 13.3. The summed E-state index contributed by atoms with van der Waals surface area (Å²) in [6.45, 7) is 6.09. The Bertz CT molecular complexity index is 342. The molecule has 2 rings (SSSR count). The molecule has 0 aromatic rings. The van der Waals surface area contributed by atoms with Gasteiger partial charge in [-0.2, -0.15) is 0 Å². The molecule has 1 heterocycles. The van der Waals surface area contributed by atoms with E-state index in [2.05, 4.69) is 0 Å². The van der Waals surface area contributed by atoms with Gasteiger partial charge in [-0.05, 0) is 26.7 Å². The van der Waals surface area contributed by atoms with Crippen LogP contribution in [0, 0.1) is 5.92 Å². The summed E-state index contributed by atoms with van der Waals surface area (Å²) in [5.74, 6) is 0.541. The van der Waals surface area contributed by atoms with E-state index in [1.54, 1.807) is 25.9 Å². The second-order valence-electron chi connectivity index (χ2n) is 5.61. The highest BCUT2D eigenvalue weighted by molar-refractivity contribution is 5.85. The molecule has 1 saturated heterocycles. The molecule has 5 nitrogen and oxygen atoms in total. The van der Waals surface area contributed by atoms with Gasteiger partial charge in [0.15, 0.2) is 0 Å². The molecule has 5 heteroatoms. The lowest BCUT2D eigenvalue weighted by atomic mass is 10.1. The van der Waals surface area contributed by atoms with Gasteiger partial charge in [0.25, 0.3) is 5.91 Å². The van der Waals surface area contributed by atoms with Gasteiger partial charge in [-0.25, -0.2) is 0 Å². The van der Waals surface area contributed by atoms with Crippen molar-refractivity contribution in [2.24, 2.45) is 5.92 Å². The van der Waals surface area contributed by atoms with Crippen molar-refractivity contribution in [1.82, 2.24) is 9.80 Å². The average Bonchev–Trinajstić information content (AvgIpc) is 3.21. The first-order valence-corrected chi connectivity index (χ1v) is 6.59. The second-order valence-corrected chi connectivity index (χ2v) is 5.61. The number of carbonyl (C=O) groups excluding carboxylic acids is 2. The Morgan fingerprint density at radius 2 is 1.56 bits per heavy atom. The minimum Gasteiger partial charge on any atom is -0.369 e. The van der Waals surface area contributed by atoms with E-state index >= 15 is 0 Å². The quantitative estimate of drug-likeness (QED) is 0.736. The normalized spacial score (nSPS) is 21.1. The summed E-state index contributed by atoms with van der Waals surface area (Å²) in [7, 11) is 1.55. The summed E-state index contributed by atoms with van der Waals surface area (Å²) in [6.07, 6.45) is 2.07. The number of rotatable bonds is 3. The van der Waals surface area contributed by atoms with Crippen LogP contribution in [0.2, 0.25) is 0 Å². The fourth-order valence-electron chi connectivity index (χ4n) is 2.19. The number of piperazine rings is 1. The third-order valence-electron chi connectivity index (χ3n) is 3.83. The molecule has 102 valence electrons. The topological polar surface area (TPSA) is 49.9 Å². The van der Waals surface area contributed by atoms with Crippen LogP contribution in [0.5, 0.6) is 0 Å². The molecule has 0 unspecified atom stereocenters. The number of amides is 2. The Labute approximate surface area is 108 Å². The summed E-state index contributed by atoms with van der Waals surface area (Å²) in [5.41, 5.74) is -0.775. The molecule has 2 aliphatic rings. The molecular weight excluding hydrogens is 232 g/mol. The third kappa shape index (κ3) is 2.66. The number of hydrogen-bond donors (Lipinski definition) is 0. The van der Waals surface area contributed by atoms with Gasteiger partial charge in [0, 0.05) is 39.2 Å². The molecule has 0 N–H and O–H groups in total. The van der Waals surface area contributed by atoms with E-state index in [0.29, 0.717) is 26.2 Å². The Morgan fingerprint density at radius 3 is 2.00 bits per heavy atom. The molecule has 18 heavy (non-hydrogen) atoms. The molecule has 1 aliphatic heterocycles. The van der Waals surface area contributed by atoms with Crippen LogP contribution in [0.4, 0.5) is 0 Å². The smallest absolute Gasteiger partial charge is 0.254 e. The molecule has 2 amide bonds. The van der Waals surface area contributed by atoms with E-state index in [0.717, 1.165) is 12.8 Å². The van der Waals surface area contributed by atoms with E-state index in [4.69, 9.17) is 4.74 Å². The van der Waals surface area contributed by atoms with Gasteiger partial charge in [0.2, 0.25) is 5.91 Å². The summed E-state index contributed by atoms with van der Waals surface area (Å²) in [4.78, 5) is 27.7. The maximum absolute atomic E-state index is 12.2. The SMILES string of the molecule is COC(C)(C)C(=O)N1CCN(C(=O)C2CC2)CC1. The van der Waals surface area contributed by atoms with Gasteiger partial charge in [0.1, 0.15) is 5.60 Å². The van der Waals surface area contributed by atoms with E-state index in [1.165, 1.54) is 0 Å². The fraction of sp³-hybridized carbons (Fsp3) is 0.846. The van der Waals surface area contributed by atoms with Gasteiger partial charge in [0.05, 0.1) is 0 Å². The highest BCUT2D eigenvalue weighted by Crippen LogP contribution is 2.31. The Hall–Kier alpha value is -1.10. The molecule has 0 aromatic heterocycles. The van der Waals surface area contributed by atoms with E-state index in [1.807, 2.05) is 4.90 Å². The zero-order valence-electron chi connectivity index (χ0n) is 11.4. The number of ether oxygens (including phenoxy) is 1. The summed E-state index contributed by atoms with van der Waals surface area (Å²) in [5, 5.41) is 0. The predicted molar refractivity (Wildman–Crippen MR) is 67.0 cm³/mol. The maximum atomic E-state index is 12.2.